The molecule has 3 aromatic heterocycles. The van der Waals surface area contributed by atoms with E-state index in [4.69, 9.17) is 4.98 Å². The maximum atomic E-state index is 12.4. The van der Waals surface area contributed by atoms with E-state index in [9.17, 15) is 4.79 Å². The molecule has 4 aromatic rings. The number of rotatable bonds is 6. The van der Waals surface area contributed by atoms with Gasteiger partial charge in [0.15, 0.2) is 5.78 Å². The minimum atomic E-state index is 0.0813. The lowest BCUT2D eigenvalue weighted by atomic mass is 10.0. The maximum absolute atomic E-state index is 12.4. The van der Waals surface area contributed by atoms with Crippen LogP contribution in [0.5, 0.6) is 0 Å². The first-order valence-corrected chi connectivity index (χ1v) is 10.7. The molecule has 4 nitrogen and oxygen atoms in total. The van der Waals surface area contributed by atoms with Crippen LogP contribution in [0.2, 0.25) is 0 Å². The lowest BCUT2D eigenvalue weighted by Crippen LogP contribution is -2.04. The Balaban J connectivity index is 1.43. The topological polar surface area (TPSA) is 55.7 Å². The smallest absolute Gasteiger partial charge is 0.168 e. The molecule has 3 heterocycles. The summed E-state index contributed by atoms with van der Waals surface area (Å²) in [6, 6.07) is 13.5. The van der Waals surface area contributed by atoms with Crippen molar-refractivity contribution in [2.75, 3.05) is 0 Å². The van der Waals surface area contributed by atoms with Crippen molar-refractivity contribution in [3.05, 3.63) is 86.6 Å². The van der Waals surface area contributed by atoms with Crippen molar-refractivity contribution >= 4 is 28.5 Å². The molecule has 0 saturated heterocycles. The molecule has 0 radical (unpaired) electrons. The average Bonchev–Trinajstić information content (AvgIpc) is 3.28. The van der Waals surface area contributed by atoms with Gasteiger partial charge < -0.3 is 0 Å². The minimum Gasteiger partial charge on any atom is -0.294 e. The van der Waals surface area contributed by atoms with Gasteiger partial charge in [-0.1, -0.05) is 30.3 Å². The maximum Gasteiger partial charge on any atom is 0.168 e. The number of aromatic nitrogens is 3. The van der Waals surface area contributed by atoms with Gasteiger partial charge in [-0.25, -0.2) is 9.97 Å². The number of hydrogen-bond donors (Lipinski definition) is 0. The molecule has 4 rings (SSSR count). The zero-order valence-electron chi connectivity index (χ0n) is 15.7. The van der Waals surface area contributed by atoms with Crippen LogP contribution < -0.4 is 0 Å². The monoisotopic (exact) mass is 405 g/mol. The summed E-state index contributed by atoms with van der Waals surface area (Å²) < 4.78 is 0. The van der Waals surface area contributed by atoms with Crippen LogP contribution in [0, 0.1) is 13.8 Å². The fourth-order valence-electron chi connectivity index (χ4n) is 3.00. The molecule has 140 valence electrons. The molecule has 0 amide bonds. The van der Waals surface area contributed by atoms with Crippen molar-refractivity contribution in [3.63, 3.8) is 0 Å². The van der Waals surface area contributed by atoms with Crippen molar-refractivity contribution < 1.29 is 4.79 Å². The number of Topliss-reactive ketones (excluding diaryl/α,β-unsaturated/α-hetero) is 1. The first-order chi connectivity index (χ1) is 13.6. The minimum absolute atomic E-state index is 0.0813. The fourth-order valence-corrected chi connectivity index (χ4v) is 4.75. The zero-order valence-corrected chi connectivity index (χ0v) is 17.3. The van der Waals surface area contributed by atoms with Gasteiger partial charge in [0.25, 0.3) is 0 Å². The van der Waals surface area contributed by atoms with E-state index in [2.05, 4.69) is 15.3 Å². The molecule has 0 N–H and O–H groups in total. The Morgan fingerprint density at radius 2 is 1.86 bits per heavy atom. The van der Waals surface area contributed by atoms with E-state index in [1.54, 1.807) is 28.9 Å². The summed E-state index contributed by atoms with van der Waals surface area (Å²) >= 11 is 3.30. The van der Waals surface area contributed by atoms with Crippen LogP contribution in [0.4, 0.5) is 0 Å². The molecule has 0 unspecified atom stereocenters. The third-order valence-corrected chi connectivity index (χ3v) is 6.32. The Morgan fingerprint density at radius 1 is 1.04 bits per heavy atom. The van der Waals surface area contributed by atoms with Crippen molar-refractivity contribution in [2.45, 2.75) is 26.7 Å². The summed E-state index contributed by atoms with van der Waals surface area (Å²) in [5, 5.41) is 4.14. The van der Waals surface area contributed by atoms with Gasteiger partial charge in [-0.2, -0.15) is 0 Å². The van der Waals surface area contributed by atoms with E-state index in [0.29, 0.717) is 18.4 Å². The van der Waals surface area contributed by atoms with E-state index in [-0.39, 0.29) is 5.78 Å². The van der Waals surface area contributed by atoms with E-state index in [1.165, 1.54) is 0 Å². The van der Waals surface area contributed by atoms with Crippen molar-refractivity contribution in [1.29, 1.82) is 0 Å². The highest BCUT2D eigenvalue weighted by Gasteiger charge is 2.13. The summed E-state index contributed by atoms with van der Waals surface area (Å²) in [5.41, 5.74) is 4.58. The molecular weight excluding hydrogens is 386 g/mol. The molecule has 0 fully saturated rings. The number of ketones is 1. The van der Waals surface area contributed by atoms with Crippen LogP contribution >= 0.6 is 22.7 Å². The number of hydrogen-bond acceptors (Lipinski definition) is 6. The third kappa shape index (κ3) is 4.24. The Hall–Kier alpha value is -2.70. The largest absolute Gasteiger partial charge is 0.294 e. The Kier molecular flexibility index (Phi) is 5.41. The standard InChI is InChI=1S/C22H19N3OS2/c1-14-22(28-15(2)24-14)19-13-27-21(25-19)11-18-9-8-17(12-23-18)20(26)10-16-6-4-3-5-7-16/h3-9,12-13H,10-11H2,1-2H3. The van der Waals surface area contributed by atoms with Gasteiger partial charge in [0.2, 0.25) is 0 Å². The highest BCUT2D eigenvalue weighted by atomic mass is 32.1. The lowest BCUT2D eigenvalue weighted by molar-refractivity contribution is 0.0992. The van der Waals surface area contributed by atoms with Gasteiger partial charge in [0.1, 0.15) is 0 Å². The van der Waals surface area contributed by atoms with E-state index < -0.39 is 0 Å². The SMILES string of the molecule is Cc1nc(C)c(-c2csc(Cc3ccc(C(=O)Cc4ccccc4)cn3)n2)s1. The van der Waals surface area contributed by atoms with Gasteiger partial charge in [0, 0.05) is 35.7 Å². The first-order valence-electron chi connectivity index (χ1n) is 8.99. The van der Waals surface area contributed by atoms with Crippen molar-refractivity contribution in [3.8, 4) is 10.6 Å². The molecule has 28 heavy (non-hydrogen) atoms. The summed E-state index contributed by atoms with van der Waals surface area (Å²) in [6.07, 6.45) is 2.73. The van der Waals surface area contributed by atoms with E-state index >= 15 is 0 Å². The second-order valence-electron chi connectivity index (χ2n) is 6.57. The lowest BCUT2D eigenvalue weighted by Gasteiger charge is -2.03. The van der Waals surface area contributed by atoms with Gasteiger partial charge in [-0.3, -0.25) is 9.78 Å². The number of thiazole rings is 2. The summed E-state index contributed by atoms with van der Waals surface area (Å²) in [7, 11) is 0. The second kappa shape index (κ2) is 8.12. The normalized spacial score (nSPS) is 10.9. The molecule has 0 atom stereocenters. The van der Waals surface area contributed by atoms with Gasteiger partial charge in [-0.05, 0) is 31.5 Å². The number of aryl methyl sites for hydroxylation is 2. The van der Waals surface area contributed by atoms with Crippen molar-refractivity contribution in [1.82, 2.24) is 15.0 Å². The number of benzene rings is 1. The summed E-state index contributed by atoms with van der Waals surface area (Å²) in [4.78, 5) is 27.3. The van der Waals surface area contributed by atoms with Gasteiger partial charge >= 0.3 is 0 Å². The molecule has 0 aliphatic heterocycles. The quantitative estimate of drug-likeness (QED) is 0.409. The fraction of sp³-hybridized carbons (Fsp3) is 0.182. The molecule has 6 heteroatoms. The summed E-state index contributed by atoms with van der Waals surface area (Å²) in [6.45, 7) is 4.03. The molecular formula is C22H19N3OS2. The molecule has 0 aliphatic rings. The first kappa shape index (κ1) is 18.7. The Bertz CT molecular complexity index is 1100. The van der Waals surface area contributed by atoms with Gasteiger partial charge in [0.05, 0.1) is 26.3 Å². The summed E-state index contributed by atoms with van der Waals surface area (Å²) in [5.74, 6) is 0.0813. The van der Waals surface area contributed by atoms with Crippen LogP contribution in [-0.4, -0.2) is 20.7 Å². The van der Waals surface area contributed by atoms with Crippen LogP contribution in [0.3, 0.4) is 0 Å². The van der Waals surface area contributed by atoms with E-state index in [0.717, 1.165) is 37.5 Å². The third-order valence-electron chi connectivity index (χ3n) is 4.37. The number of nitrogens with zero attached hydrogens (tertiary/aromatic N) is 3. The zero-order chi connectivity index (χ0) is 19.5. The number of carbonyl (C=O) groups excluding carboxylic acids is 1. The highest BCUT2D eigenvalue weighted by Crippen LogP contribution is 2.31. The molecule has 0 spiro atoms. The van der Waals surface area contributed by atoms with Crippen LogP contribution in [0.15, 0.2) is 54.0 Å². The Morgan fingerprint density at radius 3 is 2.54 bits per heavy atom. The van der Waals surface area contributed by atoms with Crippen LogP contribution in [-0.2, 0) is 12.8 Å². The second-order valence-corrected chi connectivity index (χ2v) is 8.72. The number of pyridine rings is 1. The van der Waals surface area contributed by atoms with E-state index in [1.807, 2.05) is 56.3 Å². The molecule has 0 aliphatic carbocycles. The highest BCUT2D eigenvalue weighted by molar-refractivity contribution is 7.15. The molecule has 0 saturated carbocycles. The molecule has 1 aromatic carbocycles. The Labute approximate surface area is 172 Å². The average molecular weight is 406 g/mol. The van der Waals surface area contributed by atoms with Crippen LogP contribution in [0.25, 0.3) is 10.6 Å². The predicted molar refractivity (Wildman–Crippen MR) is 114 cm³/mol. The van der Waals surface area contributed by atoms with Gasteiger partial charge in [-0.15, -0.1) is 22.7 Å². The molecule has 0 bridgehead atoms. The van der Waals surface area contributed by atoms with Crippen LogP contribution in [0.1, 0.15) is 37.3 Å². The number of carbonyl (C=O) groups is 1. The predicted octanol–water partition coefficient (Wildman–Crippen LogP) is 5.29. The van der Waals surface area contributed by atoms with Crippen molar-refractivity contribution in [2.24, 2.45) is 0 Å².